The molecule has 2 aromatic carbocycles. The number of carbonyl (C=O) groups excluding carboxylic acids is 1. The van der Waals surface area contributed by atoms with E-state index >= 15 is 0 Å². The first kappa shape index (κ1) is 13.9. The zero-order valence-electron chi connectivity index (χ0n) is 12.6. The minimum atomic E-state index is -0.192. The van der Waals surface area contributed by atoms with E-state index in [1.165, 1.54) is 0 Å². The average molecular weight is 307 g/mol. The molecule has 0 bridgehead atoms. The van der Waals surface area contributed by atoms with E-state index in [-0.39, 0.29) is 17.4 Å². The van der Waals surface area contributed by atoms with Crippen molar-refractivity contribution in [2.45, 2.75) is 25.7 Å². The summed E-state index contributed by atoms with van der Waals surface area (Å²) in [6, 6.07) is 9.01. The summed E-state index contributed by atoms with van der Waals surface area (Å²) in [6.07, 6.45) is 5.23. The van der Waals surface area contributed by atoms with Gasteiger partial charge < -0.3 is 15.5 Å². The second kappa shape index (κ2) is 5.16. The number of amides is 1. The van der Waals surface area contributed by atoms with E-state index in [1.54, 1.807) is 12.1 Å². The Kier molecular flexibility index (Phi) is 3.11. The van der Waals surface area contributed by atoms with Gasteiger partial charge in [0, 0.05) is 33.5 Å². The summed E-state index contributed by atoms with van der Waals surface area (Å²) in [5.41, 5.74) is 4.23. The van der Waals surface area contributed by atoms with E-state index in [2.05, 4.69) is 5.32 Å². The lowest BCUT2D eigenvalue weighted by Crippen LogP contribution is -2.05. The summed E-state index contributed by atoms with van der Waals surface area (Å²) in [7, 11) is 0. The maximum atomic E-state index is 12.2. The molecule has 4 rings (SSSR count). The standard InChI is InChI=1S/C19H17NO3/c21-17-10-11(18(22)14-7-2-1-6-13(14)17)9-15-12-5-3-4-8-16(12)20-19(15)23/h3-5,8-10,21-22H,1-2,6-7H2,(H,20,23)/b15-9+. The van der Waals surface area contributed by atoms with Gasteiger partial charge in [-0.05, 0) is 43.9 Å². The first-order valence-corrected chi connectivity index (χ1v) is 7.84. The highest BCUT2D eigenvalue weighted by atomic mass is 16.3. The van der Waals surface area contributed by atoms with Gasteiger partial charge in [-0.2, -0.15) is 0 Å². The molecule has 0 saturated carbocycles. The fraction of sp³-hybridized carbons (Fsp3) is 0.211. The van der Waals surface area contributed by atoms with Gasteiger partial charge in [-0.3, -0.25) is 4.79 Å². The van der Waals surface area contributed by atoms with Crippen LogP contribution in [-0.4, -0.2) is 16.1 Å². The van der Waals surface area contributed by atoms with Crippen molar-refractivity contribution < 1.29 is 15.0 Å². The smallest absolute Gasteiger partial charge is 0.256 e. The van der Waals surface area contributed by atoms with Gasteiger partial charge in [0.15, 0.2) is 0 Å². The summed E-state index contributed by atoms with van der Waals surface area (Å²) < 4.78 is 0. The van der Waals surface area contributed by atoms with E-state index in [4.69, 9.17) is 0 Å². The molecule has 4 nitrogen and oxygen atoms in total. The molecule has 116 valence electrons. The Morgan fingerprint density at radius 3 is 2.61 bits per heavy atom. The van der Waals surface area contributed by atoms with Crippen LogP contribution in [0, 0.1) is 0 Å². The normalized spacial score (nSPS) is 17.7. The number of carbonyl (C=O) groups is 1. The molecular weight excluding hydrogens is 290 g/mol. The van der Waals surface area contributed by atoms with Crippen molar-refractivity contribution in [2.24, 2.45) is 0 Å². The molecule has 1 aliphatic carbocycles. The van der Waals surface area contributed by atoms with Crippen LogP contribution in [0.1, 0.15) is 35.1 Å². The number of para-hydroxylation sites is 1. The Bertz CT molecular complexity index is 852. The number of hydrogen-bond acceptors (Lipinski definition) is 3. The monoisotopic (exact) mass is 307 g/mol. The van der Waals surface area contributed by atoms with E-state index in [1.807, 2.05) is 24.3 Å². The number of hydrogen-bond donors (Lipinski definition) is 3. The zero-order valence-corrected chi connectivity index (χ0v) is 12.6. The van der Waals surface area contributed by atoms with Crippen LogP contribution in [0.5, 0.6) is 11.5 Å². The lowest BCUT2D eigenvalue weighted by atomic mass is 9.88. The number of benzene rings is 2. The molecular formula is C19H17NO3. The van der Waals surface area contributed by atoms with Crippen molar-refractivity contribution in [3.05, 3.63) is 52.6 Å². The van der Waals surface area contributed by atoms with Crippen LogP contribution < -0.4 is 5.32 Å². The van der Waals surface area contributed by atoms with Crippen LogP contribution in [0.2, 0.25) is 0 Å². The SMILES string of the molecule is O=C1Nc2ccccc2/C1=C\c1cc(O)c2c(c1O)CCCC2. The molecule has 0 radical (unpaired) electrons. The third-order valence-corrected chi connectivity index (χ3v) is 4.64. The summed E-state index contributed by atoms with van der Waals surface area (Å²) >= 11 is 0. The Morgan fingerprint density at radius 1 is 1.04 bits per heavy atom. The fourth-order valence-corrected chi connectivity index (χ4v) is 3.47. The quantitative estimate of drug-likeness (QED) is 0.558. The Labute approximate surface area is 134 Å². The van der Waals surface area contributed by atoms with E-state index in [9.17, 15) is 15.0 Å². The van der Waals surface area contributed by atoms with Crippen LogP contribution in [0.4, 0.5) is 5.69 Å². The van der Waals surface area contributed by atoms with Crippen LogP contribution in [0.3, 0.4) is 0 Å². The molecule has 0 spiro atoms. The van der Waals surface area contributed by atoms with Crippen molar-refractivity contribution >= 4 is 23.2 Å². The maximum Gasteiger partial charge on any atom is 0.256 e. The number of phenolic OH excluding ortho intramolecular Hbond substituents is 2. The van der Waals surface area contributed by atoms with Crippen LogP contribution in [-0.2, 0) is 17.6 Å². The van der Waals surface area contributed by atoms with Gasteiger partial charge in [0.1, 0.15) is 11.5 Å². The predicted octanol–water partition coefficient (Wildman–Crippen LogP) is 3.47. The lowest BCUT2D eigenvalue weighted by molar-refractivity contribution is -0.110. The largest absolute Gasteiger partial charge is 0.508 e. The highest BCUT2D eigenvalue weighted by Crippen LogP contribution is 2.40. The number of fused-ring (bicyclic) bond motifs is 2. The van der Waals surface area contributed by atoms with Crippen molar-refractivity contribution in [3.8, 4) is 11.5 Å². The summed E-state index contributed by atoms with van der Waals surface area (Å²) in [6.45, 7) is 0. The van der Waals surface area contributed by atoms with Gasteiger partial charge in [-0.25, -0.2) is 0 Å². The molecule has 0 atom stereocenters. The second-order valence-corrected chi connectivity index (χ2v) is 6.06. The van der Waals surface area contributed by atoms with Gasteiger partial charge in [-0.15, -0.1) is 0 Å². The number of anilines is 1. The van der Waals surface area contributed by atoms with E-state index in [0.717, 1.165) is 48.1 Å². The van der Waals surface area contributed by atoms with E-state index in [0.29, 0.717) is 11.1 Å². The molecule has 2 aliphatic rings. The summed E-state index contributed by atoms with van der Waals surface area (Å²) in [5.74, 6) is 0.195. The number of rotatable bonds is 1. The maximum absolute atomic E-state index is 12.2. The predicted molar refractivity (Wildman–Crippen MR) is 89.4 cm³/mol. The highest BCUT2D eigenvalue weighted by Gasteiger charge is 2.25. The molecule has 4 heteroatoms. The number of nitrogens with one attached hydrogen (secondary N) is 1. The highest BCUT2D eigenvalue weighted by molar-refractivity contribution is 6.35. The third kappa shape index (κ3) is 2.18. The molecule has 2 aromatic rings. The molecule has 0 unspecified atom stereocenters. The van der Waals surface area contributed by atoms with Crippen molar-refractivity contribution in [1.82, 2.24) is 0 Å². The van der Waals surface area contributed by atoms with Crippen LogP contribution in [0.25, 0.3) is 11.6 Å². The van der Waals surface area contributed by atoms with Crippen LogP contribution in [0.15, 0.2) is 30.3 Å². The van der Waals surface area contributed by atoms with Gasteiger partial charge in [0.2, 0.25) is 0 Å². The van der Waals surface area contributed by atoms with Crippen molar-refractivity contribution in [1.29, 1.82) is 0 Å². The number of phenols is 2. The molecule has 1 amide bonds. The Hall–Kier alpha value is -2.75. The second-order valence-electron chi connectivity index (χ2n) is 6.06. The topological polar surface area (TPSA) is 69.6 Å². The summed E-state index contributed by atoms with van der Waals surface area (Å²) in [5, 5.41) is 23.6. The first-order chi connectivity index (χ1) is 11.1. The molecule has 1 aliphatic heterocycles. The van der Waals surface area contributed by atoms with Gasteiger partial charge in [0.25, 0.3) is 5.91 Å². The Balaban J connectivity index is 1.86. The lowest BCUT2D eigenvalue weighted by Gasteiger charge is -2.19. The average Bonchev–Trinajstić information content (AvgIpc) is 2.88. The fourth-order valence-electron chi connectivity index (χ4n) is 3.47. The van der Waals surface area contributed by atoms with Gasteiger partial charge >= 0.3 is 0 Å². The molecule has 23 heavy (non-hydrogen) atoms. The van der Waals surface area contributed by atoms with E-state index < -0.39 is 0 Å². The molecule has 0 aromatic heterocycles. The molecule has 0 saturated heterocycles. The van der Waals surface area contributed by atoms with Crippen molar-refractivity contribution in [2.75, 3.05) is 5.32 Å². The van der Waals surface area contributed by atoms with Gasteiger partial charge in [0.05, 0.1) is 0 Å². The summed E-state index contributed by atoms with van der Waals surface area (Å²) in [4.78, 5) is 12.2. The molecule has 0 fully saturated rings. The number of aromatic hydroxyl groups is 2. The zero-order chi connectivity index (χ0) is 16.0. The minimum Gasteiger partial charge on any atom is -0.508 e. The first-order valence-electron chi connectivity index (χ1n) is 7.84. The van der Waals surface area contributed by atoms with Crippen LogP contribution >= 0.6 is 0 Å². The molecule has 1 heterocycles. The molecule has 3 N–H and O–H groups in total. The Morgan fingerprint density at radius 2 is 1.78 bits per heavy atom. The third-order valence-electron chi connectivity index (χ3n) is 4.64. The van der Waals surface area contributed by atoms with Gasteiger partial charge in [-0.1, -0.05) is 18.2 Å². The van der Waals surface area contributed by atoms with Crippen molar-refractivity contribution in [3.63, 3.8) is 0 Å². The minimum absolute atomic E-state index is 0.183.